The number of nitrogens with one attached hydrogen (secondary N) is 2. The molecule has 0 saturated heterocycles. The minimum absolute atomic E-state index is 0.141. The summed E-state index contributed by atoms with van der Waals surface area (Å²) in [5.41, 5.74) is 5.70. The molecule has 0 spiro atoms. The van der Waals surface area contributed by atoms with Crippen molar-refractivity contribution >= 4 is 50.7 Å². The van der Waals surface area contributed by atoms with Gasteiger partial charge in [0.15, 0.2) is 0 Å². The molecule has 27 heavy (non-hydrogen) atoms. The Kier molecular flexibility index (Phi) is 8.63. The first-order valence-electron chi connectivity index (χ1n) is 8.60. The van der Waals surface area contributed by atoms with E-state index in [1.165, 1.54) is 11.3 Å². The molecule has 0 radical (unpaired) electrons. The molecule has 1 heterocycles. The van der Waals surface area contributed by atoms with Crippen LogP contribution in [0.15, 0.2) is 34.2 Å². The number of rotatable bonds is 9. The third-order valence-corrected chi connectivity index (χ3v) is 5.36. The van der Waals surface area contributed by atoms with Gasteiger partial charge in [0, 0.05) is 23.0 Å². The molecule has 0 fully saturated rings. The fraction of sp³-hybridized carbons (Fsp3) is 0.316. The molecule has 8 heteroatoms. The minimum Gasteiger partial charge on any atom is -0.352 e. The van der Waals surface area contributed by atoms with Gasteiger partial charge in [-0.1, -0.05) is 34.5 Å². The van der Waals surface area contributed by atoms with Crippen molar-refractivity contribution in [2.24, 2.45) is 0 Å². The van der Waals surface area contributed by atoms with E-state index in [9.17, 15) is 9.59 Å². The SMILES string of the molecule is Cc1ncsc1/C=C(/C(=O)NCCCCCC(=O)NO)c1ccc(Br)cc1. The van der Waals surface area contributed by atoms with Crippen LogP contribution in [0.25, 0.3) is 11.6 Å². The maximum atomic E-state index is 12.7. The van der Waals surface area contributed by atoms with E-state index in [2.05, 4.69) is 26.2 Å². The Morgan fingerprint density at radius 3 is 2.59 bits per heavy atom. The molecular formula is C19H22BrN3O3S. The lowest BCUT2D eigenvalue weighted by atomic mass is 10.0. The first-order valence-corrected chi connectivity index (χ1v) is 10.3. The Labute approximate surface area is 170 Å². The number of carbonyl (C=O) groups is 2. The Bertz CT molecular complexity index is 803. The van der Waals surface area contributed by atoms with E-state index >= 15 is 0 Å². The highest BCUT2D eigenvalue weighted by Crippen LogP contribution is 2.24. The molecule has 0 aliphatic heterocycles. The molecule has 1 aromatic heterocycles. The number of nitrogens with zero attached hydrogens (tertiary/aromatic N) is 1. The molecule has 144 valence electrons. The monoisotopic (exact) mass is 451 g/mol. The lowest BCUT2D eigenvalue weighted by Crippen LogP contribution is -2.25. The second kappa shape index (κ2) is 11.0. The maximum Gasteiger partial charge on any atom is 0.251 e. The molecular weight excluding hydrogens is 430 g/mol. The number of amides is 2. The van der Waals surface area contributed by atoms with E-state index in [0.29, 0.717) is 18.5 Å². The summed E-state index contributed by atoms with van der Waals surface area (Å²) in [4.78, 5) is 28.9. The topological polar surface area (TPSA) is 91.3 Å². The van der Waals surface area contributed by atoms with Crippen molar-refractivity contribution in [2.75, 3.05) is 6.54 Å². The van der Waals surface area contributed by atoms with Crippen LogP contribution < -0.4 is 10.8 Å². The van der Waals surface area contributed by atoms with Crippen LogP contribution in [0, 0.1) is 6.92 Å². The highest BCUT2D eigenvalue weighted by Gasteiger charge is 2.13. The molecule has 0 saturated carbocycles. The Hall–Kier alpha value is -2.03. The predicted octanol–water partition coefficient (Wildman–Crippen LogP) is 3.94. The second-order valence-corrected chi connectivity index (χ2v) is 7.77. The smallest absolute Gasteiger partial charge is 0.251 e. The third-order valence-electron chi connectivity index (χ3n) is 3.95. The van der Waals surface area contributed by atoms with E-state index in [1.54, 1.807) is 11.0 Å². The van der Waals surface area contributed by atoms with Crippen LogP contribution in [0.2, 0.25) is 0 Å². The molecule has 2 aromatic rings. The van der Waals surface area contributed by atoms with Gasteiger partial charge >= 0.3 is 0 Å². The molecule has 6 nitrogen and oxygen atoms in total. The third kappa shape index (κ3) is 6.89. The molecule has 3 N–H and O–H groups in total. The summed E-state index contributed by atoms with van der Waals surface area (Å²) in [6.07, 6.45) is 4.37. The Balaban J connectivity index is 2.00. The average molecular weight is 452 g/mol. The number of carbonyl (C=O) groups excluding carboxylic acids is 2. The van der Waals surface area contributed by atoms with E-state index in [-0.39, 0.29) is 18.2 Å². The molecule has 1 aromatic carbocycles. The summed E-state index contributed by atoms with van der Waals surface area (Å²) in [5.74, 6) is -0.530. The van der Waals surface area contributed by atoms with E-state index in [1.807, 2.05) is 37.3 Å². The van der Waals surface area contributed by atoms with Crippen LogP contribution >= 0.6 is 27.3 Å². The van der Waals surface area contributed by atoms with Gasteiger partial charge in [-0.05, 0) is 43.5 Å². The van der Waals surface area contributed by atoms with E-state index in [4.69, 9.17) is 5.21 Å². The van der Waals surface area contributed by atoms with Crippen molar-refractivity contribution in [2.45, 2.75) is 32.6 Å². The van der Waals surface area contributed by atoms with E-state index < -0.39 is 0 Å². The molecule has 0 aliphatic carbocycles. The molecule has 2 amide bonds. The number of aryl methyl sites for hydroxylation is 1. The van der Waals surface area contributed by atoms with Crippen LogP contribution in [0.4, 0.5) is 0 Å². The van der Waals surface area contributed by atoms with Crippen LogP contribution in [0.1, 0.15) is 41.8 Å². The van der Waals surface area contributed by atoms with Gasteiger partial charge < -0.3 is 5.32 Å². The summed E-state index contributed by atoms with van der Waals surface area (Å²) in [6.45, 7) is 2.44. The zero-order chi connectivity index (χ0) is 19.6. The van der Waals surface area contributed by atoms with Gasteiger partial charge in [0.05, 0.1) is 16.1 Å². The molecule has 2 rings (SSSR count). The zero-order valence-electron chi connectivity index (χ0n) is 15.0. The number of thiazole rings is 1. The number of hydroxylamine groups is 1. The van der Waals surface area contributed by atoms with Crippen molar-refractivity contribution < 1.29 is 14.8 Å². The standard InChI is InChI=1S/C19H22BrN3O3S/c1-13-17(27-12-22-13)11-16(14-6-8-15(20)9-7-14)19(25)21-10-4-2-3-5-18(24)23-26/h6-9,11-12,26H,2-5,10H2,1H3,(H,21,25)(H,23,24)/b16-11+. The Morgan fingerprint density at radius 2 is 1.96 bits per heavy atom. The summed E-state index contributed by atoms with van der Waals surface area (Å²) in [6, 6.07) is 7.61. The largest absolute Gasteiger partial charge is 0.352 e. The van der Waals surface area contributed by atoms with Gasteiger partial charge in [-0.15, -0.1) is 11.3 Å². The van der Waals surface area contributed by atoms with Crippen LogP contribution in [0.3, 0.4) is 0 Å². The van der Waals surface area contributed by atoms with Crippen molar-refractivity contribution in [1.29, 1.82) is 0 Å². The summed E-state index contributed by atoms with van der Waals surface area (Å²) < 4.78 is 0.951. The van der Waals surface area contributed by atoms with Crippen LogP contribution in [-0.4, -0.2) is 28.6 Å². The van der Waals surface area contributed by atoms with Gasteiger partial charge in [0.2, 0.25) is 5.91 Å². The average Bonchev–Trinajstić information content (AvgIpc) is 3.07. The highest BCUT2D eigenvalue weighted by molar-refractivity contribution is 9.10. The quantitative estimate of drug-likeness (QED) is 0.233. The fourth-order valence-corrected chi connectivity index (χ4v) is 3.43. The molecule has 0 atom stereocenters. The number of unbranched alkanes of at least 4 members (excludes halogenated alkanes) is 2. The lowest BCUT2D eigenvalue weighted by Gasteiger charge is -2.10. The summed E-state index contributed by atoms with van der Waals surface area (Å²) in [7, 11) is 0. The molecule has 0 unspecified atom stereocenters. The number of halogens is 1. The second-order valence-electron chi connectivity index (χ2n) is 5.97. The van der Waals surface area contributed by atoms with Crippen LogP contribution in [0.5, 0.6) is 0 Å². The highest BCUT2D eigenvalue weighted by atomic mass is 79.9. The fourth-order valence-electron chi connectivity index (χ4n) is 2.43. The Morgan fingerprint density at radius 1 is 1.22 bits per heavy atom. The van der Waals surface area contributed by atoms with E-state index in [0.717, 1.165) is 33.4 Å². The van der Waals surface area contributed by atoms with Crippen molar-refractivity contribution in [3.05, 3.63) is 50.4 Å². The predicted molar refractivity (Wildman–Crippen MR) is 110 cm³/mol. The lowest BCUT2D eigenvalue weighted by molar-refractivity contribution is -0.129. The zero-order valence-corrected chi connectivity index (χ0v) is 17.4. The van der Waals surface area contributed by atoms with Crippen molar-refractivity contribution in [3.63, 3.8) is 0 Å². The number of hydrogen-bond donors (Lipinski definition) is 3. The van der Waals surface area contributed by atoms with Gasteiger partial charge in [0.1, 0.15) is 0 Å². The van der Waals surface area contributed by atoms with Crippen LogP contribution in [-0.2, 0) is 9.59 Å². The number of aromatic nitrogens is 1. The van der Waals surface area contributed by atoms with Gasteiger partial charge in [-0.3, -0.25) is 14.8 Å². The van der Waals surface area contributed by atoms with Gasteiger partial charge in [-0.2, -0.15) is 0 Å². The first kappa shape index (κ1) is 21.3. The van der Waals surface area contributed by atoms with Gasteiger partial charge in [0.25, 0.3) is 5.91 Å². The van der Waals surface area contributed by atoms with Crippen molar-refractivity contribution in [3.8, 4) is 0 Å². The summed E-state index contributed by atoms with van der Waals surface area (Å²) in [5, 5.41) is 11.4. The first-order chi connectivity index (χ1) is 13.0. The van der Waals surface area contributed by atoms with Gasteiger partial charge in [-0.25, -0.2) is 10.5 Å². The van der Waals surface area contributed by atoms with Crippen molar-refractivity contribution in [1.82, 2.24) is 15.8 Å². The normalized spacial score (nSPS) is 11.3. The maximum absolute atomic E-state index is 12.7. The minimum atomic E-state index is -0.389. The molecule has 0 bridgehead atoms. The number of hydrogen-bond acceptors (Lipinski definition) is 5. The summed E-state index contributed by atoms with van der Waals surface area (Å²) >= 11 is 4.91. The number of benzene rings is 1. The molecule has 0 aliphatic rings.